The molecule has 2 aromatic rings. The quantitative estimate of drug-likeness (QED) is 0.0800. The Morgan fingerprint density at radius 2 is 0.648 bits per heavy atom. The summed E-state index contributed by atoms with van der Waals surface area (Å²) in [6.45, 7) is 9.23. The number of hydrogen-bond donors (Lipinski definition) is 0. The van der Waals surface area contributed by atoms with Crippen LogP contribution in [0.15, 0.2) is 48.5 Å². The van der Waals surface area contributed by atoms with E-state index in [4.69, 9.17) is 9.47 Å². The maximum absolute atomic E-state index is 12.9. The molecule has 402 valence electrons. The number of unbranched alkanes of at least 4 members (excludes halogenated alkanes) is 3. The average Bonchev–Trinajstić information content (AvgIpc) is 3.40. The Labute approximate surface area is 438 Å². The monoisotopic (exact) mass is 979 g/mol. The zero-order valence-electron chi connectivity index (χ0n) is 44.9. The van der Waals surface area contributed by atoms with Gasteiger partial charge in [-0.05, 0) is 223 Å². The minimum absolute atomic E-state index is 0. The molecule has 8 rings (SSSR count). The molecule has 0 amide bonds. The third kappa shape index (κ3) is 18.6. The Bertz CT molecular complexity index is 1700. The van der Waals surface area contributed by atoms with Crippen molar-refractivity contribution in [3.63, 3.8) is 0 Å². The molecule has 0 unspecified atom stereocenters. The summed E-state index contributed by atoms with van der Waals surface area (Å²) in [5, 5.41) is 0. The van der Waals surface area contributed by atoms with Gasteiger partial charge in [-0.2, -0.15) is 0 Å². The van der Waals surface area contributed by atoms with Crippen LogP contribution in [0.1, 0.15) is 290 Å². The first-order valence-corrected chi connectivity index (χ1v) is 30.4. The van der Waals surface area contributed by atoms with Gasteiger partial charge >= 0.3 is 11.9 Å². The van der Waals surface area contributed by atoms with E-state index in [9.17, 15) is 9.59 Å². The summed E-state index contributed by atoms with van der Waals surface area (Å²) < 4.78 is 11.7. The standard InChI is InChI=1S/C33H52O2.C32H50O2.2CH4/c1-3-5-6-8-26-11-15-28(16-12-26)30-21-23-32(24-22-30)35-33(34)31-19-17-29(18-20-31)27-13-9-25(7-4-2)10-14-27;1-3-5-7-25-10-14-27(15-11-25)29-20-22-31(23-21-29)34-32(33)30-18-16-28(17-19-30)26-12-8-24(6-4-2)9-13-26;;/h21-29,31H,3-20H2,1-2H3;20-28,30H,3-19H2,1-2H3;2*1H4. The zero-order valence-corrected chi connectivity index (χ0v) is 44.9. The summed E-state index contributed by atoms with van der Waals surface area (Å²) >= 11 is 0. The second kappa shape index (κ2) is 32.0. The fourth-order valence-corrected chi connectivity index (χ4v) is 15.1. The molecule has 0 spiro atoms. The molecule has 2 aromatic carbocycles. The maximum Gasteiger partial charge on any atom is 0.314 e. The van der Waals surface area contributed by atoms with Gasteiger partial charge < -0.3 is 9.47 Å². The molecule has 4 nitrogen and oxygen atoms in total. The van der Waals surface area contributed by atoms with E-state index >= 15 is 0 Å². The Balaban J connectivity index is 0.000000257. The molecule has 0 saturated heterocycles. The molecule has 4 heteroatoms. The van der Waals surface area contributed by atoms with Crippen molar-refractivity contribution in [3.8, 4) is 11.5 Å². The van der Waals surface area contributed by atoms with Crippen LogP contribution in [-0.4, -0.2) is 11.9 Å². The lowest BCUT2D eigenvalue weighted by atomic mass is 9.69. The minimum Gasteiger partial charge on any atom is -0.426 e. The Hall–Kier alpha value is -2.62. The Kier molecular flexibility index (Phi) is 26.7. The average molecular weight is 980 g/mol. The highest BCUT2D eigenvalue weighted by Gasteiger charge is 2.35. The van der Waals surface area contributed by atoms with Crippen LogP contribution in [0.3, 0.4) is 0 Å². The van der Waals surface area contributed by atoms with Crippen LogP contribution < -0.4 is 9.47 Å². The molecule has 0 atom stereocenters. The molecular weight excluding hydrogens is 869 g/mol. The number of benzene rings is 2. The molecule has 6 aliphatic rings. The van der Waals surface area contributed by atoms with Gasteiger partial charge in [-0.1, -0.05) is 163 Å². The van der Waals surface area contributed by atoms with Crippen molar-refractivity contribution in [3.05, 3.63) is 59.7 Å². The predicted octanol–water partition coefficient (Wildman–Crippen LogP) is 20.6. The first-order chi connectivity index (χ1) is 33.8. The summed E-state index contributed by atoms with van der Waals surface area (Å²) in [6.07, 6.45) is 46.5. The van der Waals surface area contributed by atoms with E-state index in [1.165, 1.54) is 210 Å². The number of hydrogen-bond acceptors (Lipinski definition) is 4. The normalized spacial score (nSPS) is 31.1. The third-order valence-corrected chi connectivity index (χ3v) is 19.7. The van der Waals surface area contributed by atoms with Crippen molar-refractivity contribution in [1.29, 1.82) is 0 Å². The first kappa shape index (κ1) is 59.3. The van der Waals surface area contributed by atoms with Gasteiger partial charge in [0, 0.05) is 0 Å². The summed E-state index contributed by atoms with van der Waals surface area (Å²) in [6, 6.07) is 17.0. The highest BCUT2D eigenvalue weighted by molar-refractivity contribution is 5.75. The van der Waals surface area contributed by atoms with Crippen molar-refractivity contribution in [2.45, 2.75) is 279 Å². The molecule has 0 aliphatic heterocycles. The van der Waals surface area contributed by atoms with Gasteiger partial charge in [0.1, 0.15) is 11.5 Å². The molecule has 6 saturated carbocycles. The number of rotatable bonds is 19. The van der Waals surface area contributed by atoms with Gasteiger partial charge in [0.05, 0.1) is 11.8 Å². The SMILES string of the molecule is C.C.CCCCC1CCC(c2ccc(OC(=O)C3CCC(C4CCC(CCC)CC4)CC3)cc2)CC1.CCCCCC1CCC(c2ccc(OC(=O)C3CCC(C4CCC(CCC)CC4)CC3)cc2)CC1. The summed E-state index contributed by atoms with van der Waals surface area (Å²) in [4.78, 5) is 25.7. The fourth-order valence-electron chi connectivity index (χ4n) is 15.1. The van der Waals surface area contributed by atoms with Crippen molar-refractivity contribution < 1.29 is 19.1 Å². The molecule has 0 aromatic heterocycles. The van der Waals surface area contributed by atoms with Gasteiger partial charge in [-0.3, -0.25) is 9.59 Å². The molecule has 0 radical (unpaired) electrons. The third-order valence-electron chi connectivity index (χ3n) is 19.7. The van der Waals surface area contributed by atoms with Crippen LogP contribution in [0.4, 0.5) is 0 Å². The zero-order chi connectivity index (χ0) is 48.2. The smallest absolute Gasteiger partial charge is 0.314 e. The number of carbonyl (C=O) groups is 2. The van der Waals surface area contributed by atoms with E-state index in [1.54, 1.807) is 0 Å². The van der Waals surface area contributed by atoms with E-state index in [0.29, 0.717) is 11.8 Å². The van der Waals surface area contributed by atoms with E-state index in [1.807, 2.05) is 24.3 Å². The lowest BCUT2D eigenvalue weighted by Gasteiger charge is -2.37. The summed E-state index contributed by atoms with van der Waals surface area (Å²) in [5.41, 5.74) is 2.87. The van der Waals surface area contributed by atoms with Gasteiger partial charge in [-0.15, -0.1) is 0 Å². The molecule has 0 heterocycles. The van der Waals surface area contributed by atoms with Gasteiger partial charge in [-0.25, -0.2) is 0 Å². The number of esters is 2. The van der Waals surface area contributed by atoms with Crippen molar-refractivity contribution >= 4 is 11.9 Å². The van der Waals surface area contributed by atoms with E-state index in [0.717, 1.165) is 84.5 Å². The van der Waals surface area contributed by atoms with Gasteiger partial charge in [0.2, 0.25) is 0 Å². The highest BCUT2D eigenvalue weighted by Crippen LogP contribution is 2.45. The predicted molar refractivity (Wildman–Crippen MR) is 302 cm³/mol. The lowest BCUT2D eigenvalue weighted by molar-refractivity contribution is -0.141. The Morgan fingerprint density at radius 1 is 0.352 bits per heavy atom. The summed E-state index contributed by atoms with van der Waals surface area (Å²) in [5.74, 6) is 10.5. The second-order valence-corrected chi connectivity index (χ2v) is 24.4. The molecule has 6 aliphatic carbocycles. The Morgan fingerprint density at radius 3 is 0.972 bits per heavy atom. The first-order valence-electron chi connectivity index (χ1n) is 30.4. The minimum atomic E-state index is 0. The second-order valence-electron chi connectivity index (χ2n) is 24.4. The molecule has 0 bridgehead atoms. The molecule has 0 N–H and O–H groups in total. The van der Waals surface area contributed by atoms with Crippen molar-refractivity contribution in [1.82, 2.24) is 0 Å². The number of carbonyl (C=O) groups excluding carboxylic acids is 2. The van der Waals surface area contributed by atoms with E-state index in [2.05, 4.69) is 52.0 Å². The number of ether oxygens (including phenoxy) is 2. The molecule has 71 heavy (non-hydrogen) atoms. The van der Waals surface area contributed by atoms with E-state index in [-0.39, 0.29) is 38.6 Å². The van der Waals surface area contributed by atoms with Crippen LogP contribution in [0.5, 0.6) is 11.5 Å². The van der Waals surface area contributed by atoms with Crippen LogP contribution in [0, 0.1) is 59.2 Å². The van der Waals surface area contributed by atoms with Crippen LogP contribution >= 0.6 is 0 Å². The molecular formula is C67H110O4. The van der Waals surface area contributed by atoms with Crippen LogP contribution in [-0.2, 0) is 9.59 Å². The van der Waals surface area contributed by atoms with Crippen molar-refractivity contribution in [2.75, 3.05) is 0 Å². The highest BCUT2D eigenvalue weighted by atomic mass is 16.5. The largest absolute Gasteiger partial charge is 0.426 e. The lowest BCUT2D eigenvalue weighted by Crippen LogP contribution is -2.30. The van der Waals surface area contributed by atoms with Crippen molar-refractivity contribution in [2.24, 2.45) is 59.2 Å². The van der Waals surface area contributed by atoms with Gasteiger partial charge in [0.15, 0.2) is 0 Å². The van der Waals surface area contributed by atoms with Crippen LogP contribution in [0.2, 0.25) is 0 Å². The van der Waals surface area contributed by atoms with E-state index < -0.39 is 0 Å². The van der Waals surface area contributed by atoms with Crippen LogP contribution in [0.25, 0.3) is 0 Å². The maximum atomic E-state index is 12.9. The molecule has 6 fully saturated rings. The van der Waals surface area contributed by atoms with Gasteiger partial charge in [0.25, 0.3) is 0 Å². The summed E-state index contributed by atoms with van der Waals surface area (Å²) in [7, 11) is 0. The topological polar surface area (TPSA) is 52.6 Å². The fraction of sp³-hybridized carbons (Fsp3) is 0.791.